The lowest BCUT2D eigenvalue weighted by Gasteiger charge is -2.35. The molecule has 0 spiro atoms. The van der Waals surface area contributed by atoms with E-state index in [2.05, 4.69) is 35.3 Å². The fourth-order valence-electron chi connectivity index (χ4n) is 2.79. The fourth-order valence-corrected chi connectivity index (χ4v) is 2.79. The van der Waals surface area contributed by atoms with E-state index in [1.54, 1.807) is 6.20 Å². The molecule has 0 atom stereocenters. The molecular formula is C19H24N4O3. The zero-order chi connectivity index (χ0) is 18.9. The number of benzene rings is 1. The summed E-state index contributed by atoms with van der Waals surface area (Å²) in [7, 11) is 0. The number of nitrogens with zero attached hydrogens (tertiary/aromatic N) is 3. The molecule has 1 aliphatic rings. The predicted octanol–water partition coefficient (Wildman–Crippen LogP) is 1.51. The average molecular weight is 356 g/mol. The third-order valence-corrected chi connectivity index (χ3v) is 4.21. The first kappa shape index (κ1) is 19.3. The summed E-state index contributed by atoms with van der Waals surface area (Å²) in [6.45, 7) is 5.40. The summed E-state index contributed by atoms with van der Waals surface area (Å²) >= 11 is 0. The SMILES string of the molecule is Cc1cccc(N2CCN(/C=C(/C#N)C(=O)NCCCC(=O)O)CC2)c1. The number of carbonyl (C=O) groups is 2. The highest BCUT2D eigenvalue weighted by Crippen LogP contribution is 2.18. The molecule has 7 heteroatoms. The van der Waals surface area contributed by atoms with Crippen molar-refractivity contribution in [1.29, 1.82) is 5.26 Å². The quantitative estimate of drug-likeness (QED) is 0.437. The number of aliphatic carboxylic acids is 1. The van der Waals surface area contributed by atoms with Crippen molar-refractivity contribution in [3.8, 4) is 6.07 Å². The molecule has 2 N–H and O–H groups in total. The van der Waals surface area contributed by atoms with Crippen molar-refractivity contribution in [3.05, 3.63) is 41.6 Å². The summed E-state index contributed by atoms with van der Waals surface area (Å²) in [6.07, 6.45) is 1.93. The number of aryl methyl sites for hydroxylation is 1. The first-order valence-corrected chi connectivity index (χ1v) is 8.67. The number of carboxylic acid groups (broad SMARTS) is 1. The second kappa shape index (κ2) is 9.47. The van der Waals surface area contributed by atoms with Crippen molar-refractivity contribution >= 4 is 17.6 Å². The largest absolute Gasteiger partial charge is 0.481 e. The van der Waals surface area contributed by atoms with Crippen molar-refractivity contribution < 1.29 is 14.7 Å². The number of anilines is 1. The van der Waals surface area contributed by atoms with Crippen LogP contribution in [0, 0.1) is 18.3 Å². The molecule has 138 valence electrons. The number of piperazine rings is 1. The predicted molar refractivity (Wildman–Crippen MR) is 98.5 cm³/mol. The van der Waals surface area contributed by atoms with Crippen LogP contribution in [-0.2, 0) is 9.59 Å². The van der Waals surface area contributed by atoms with E-state index >= 15 is 0 Å². The number of rotatable bonds is 7. The lowest BCUT2D eigenvalue weighted by atomic mass is 10.2. The van der Waals surface area contributed by atoms with Crippen molar-refractivity contribution in [1.82, 2.24) is 10.2 Å². The van der Waals surface area contributed by atoms with Gasteiger partial charge in [0, 0.05) is 51.0 Å². The molecule has 1 aliphatic heterocycles. The van der Waals surface area contributed by atoms with Gasteiger partial charge in [-0.3, -0.25) is 9.59 Å². The van der Waals surface area contributed by atoms with Gasteiger partial charge in [-0.2, -0.15) is 5.26 Å². The Labute approximate surface area is 153 Å². The van der Waals surface area contributed by atoms with E-state index in [1.165, 1.54) is 11.3 Å². The minimum absolute atomic E-state index is 0.00714. The van der Waals surface area contributed by atoms with Crippen LogP contribution in [0.3, 0.4) is 0 Å². The Morgan fingerprint density at radius 2 is 2.04 bits per heavy atom. The second-order valence-corrected chi connectivity index (χ2v) is 6.27. The molecule has 1 aromatic carbocycles. The number of carbonyl (C=O) groups excluding carboxylic acids is 1. The van der Waals surface area contributed by atoms with E-state index < -0.39 is 11.9 Å². The number of hydrogen-bond donors (Lipinski definition) is 2. The monoisotopic (exact) mass is 356 g/mol. The Morgan fingerprint density at radius 3 is 2.65 bits per heavy atom. The van der Waals surface area contributed by atoms with Gasteiger partial charge in [-0.15, -0.1) is 0 Å². The molecule has 7 nitrogen and oxygen atoms in total. The molecule has 1 saturated heterocycles. The van der Waals surface area contributed by atoms with Gasteiger partial charge in [0.1, 0.15) is 11.6 Å². The first-order valence-electron chi connectivity index (χ1n) is 8.67. The maximum Gasteiger partial charge on any atom is 0.303 e. The Kier molecular flexibility index (Phi) is 7.03. The van der Waals surface area contributed by atoms with Gasteiger partial charge in [0.25, 0.3) is 5.91 Å². The zero-order valence-corrected chi connectivity index (χ0v) is 14.9. The highest BCUT2D eigenvalue weighted by molar-refractivity contribution is 5.97. The number of nitriles is 1. The first-order chi connectivity index (χ1) is 12.5. The van der Waals surface area contributed by atoms with Gasteiger partial charge in [-0.1, -0.05) is 12.1 Å². The molecular weight excluding hydrogens is 332 g/mol. The van der Waals surface area contributed by atoms with Crippen LogP contribution in [0.25, 0.3) is 0 Å². The van der Waals surface area contributed by atoms with Gasteiger partial charge >= 0.3 is 5.97 Å². The van der Waals surface area contributed by atoms with E-state index in [1.807, 2.05) is 17.0 Å². The second-order valence-electron chi connectivity index (χ2n) is 6.27. The molecule has 1 aromatic rings. The molecule has 0 aromatic heterocycles. The van der Waals surface area contributed by atoms with Gasteiger partial charge < -0.3 is 20.2 Å². The Balaban J connectivity index is 1.85. The maximum atomic E-state index is 12.0. The smallest absolute Gasteiger partial charge is 0.303 e. The molecule has 0 unspecified atom stereocenters. The Hall–Kier alpha value is -3.01. The number of carboxylic acids is 1. The van der Waals surface area contributed by atoms with Gasteiger partial charge in [0.2, 0.25) is 0 Å². The molecule has 1 amide bonds. The fraction of sp³-hybridized carbons (Fsp3) is 0.421. The molecule has 0 radical (unpaired) electrons. The van der Waals surface area contributed by atoms with E-state index in [4.69, 9.17) is 5.11 Å². The Morgan fingerprint density at radius 1 is 1.31 bits per heavy atom. The molecule has 0 aliphatic carbocycles. The highest BCUT2D eigenvalue weighted by Gasteiger charge is 2.17. The standard InChI is InChI=1S/C19H24N4O3/c1-15-4-2-5-17(12-15)23-10-8-22(9-11-23)14-16(13-20)19(26)21-7-3-6-18(24)25/h2,4-5,12,14H,3,6-11H2,1H3,(H,21,26)(H,24,25)/b16-14-. The van der Waals surface area contributed by atoms with Crippen molar-refractivity contribution in [2.75, 3.05) is 37.6 Å². The van der Waals surface area contributed by atoms with Gasteiger partial charge in [-0.25, -0.2) is 0 Å². The summed E-state index contributed by atoms with van der Waals surface area (Å²) < 4.78 is 0. The van der Waals surface area contributed by atoms with Crippen molar-refractivity contribution in [3.63, 3.8) is 0 Å². The van der Waals surface area contributed by atoms with E-state index in [0.29, 0.717) is 6.42 Å². The van der Waals surface area contributed by atoms with Crippen LogP contribution in [0.1, 0.15) is 18.4 Å². The summed E-state index contributed by atoms with van der Waals surface area (Å²) in [5.41, 5.74) is 2.45. The molecule has 2 rings (SSSR count). The Bertz CT molecular complexity index is 716. The third kappa shape index (κ3) is 5.81. The number of nitrogens with one attached hydrogen (secondary N) is 1. The van der Waals surface area contributed by atoms with Crippen molar-refractivity contribution in [2.24, 2.45) is 0 Å². The minimum Gasteiger partial charge on any atom is -0.481 e. The minimum atomic E-state index is -0.901. The maximum absolute atomic E-state index is 12.0. The van der Waals surface area contributed by atoms with Gasteiger partial charge in [-0.05, 0) is 31.0 Å². The summed E-state index contributed by atoms with van der Waals surface area (Å²) in [4.78, 5) is 26.7. The number of amides is 1. The average Bonchev–Trinajstić information content (AvgIpc) is 2.63. The van der Waals surface area contributed by atoms with Crippen LogP contribution in [-0.4, -0.2) is 54.6 Å². The molecule has 26 heavy (non-hydrogen) atoms. The van der Waals surface area contributed by atoms with Gasteiger partial charge in [0.15, 0.2) is 0 Å². The molecule has 0 bridgehead atoms. The molecule has 0 saturated carbocycles. The third-order valence-electron chi connectivity index (χ3n) is 4.21. The van der Waals surface area contributed by atoms with E-state index in [0.717, 1.165) is 26.2 Å². The highest BCUT2D eigenvalue weighted by atomic mass is 16.4. The molecule has 1 fully saturated rings. The van der Waals surface area contributed by atoms with Crippen LogP contribution in [0.5, 0.6) is 0 Å². The topological polar surface area (TPSA) is 96.7 Å². The van der Waals surface area contributed by atoms with Crippen LogP contribution >= 0.6 is 0 Å². The van der Waals surface area contributed by atoms with Crippen molar-refractivity contribution in [2.45, 2.75) is 19.8 Å². The summed E-state index contributed by atoms with van der Waals surface area (Å²) in [6, 6.07) is 10.3. The van der Waals surface area contributed by atoms with E-state index in [9.17, 15) is 14.9 Å². The van der Waals surface area contributed by atoms with Crippen LogP contribution in [0.2, 0.25) is 0 Å². The van der Waals surface area contributed by atoms with Crippen LogP contribution < -0.4 is 10.2 Å². The lowest BCUT2D eigenvalue weighted by molar-refractivity contribution is -0.137. The van der Waals surface area contributed by atoms with Crippen LogP contribution in [0.15, 0.2) is 36.0 Å². The van der Waals surface area contributed by atoms with Gasteiger partial charge in [0.05, 0.1) is 0 Å². The summed E-state index contributed by atoms with van der Waals surface area (Å²) in [5.74, 6) is -1.36. The van der Waals surface area contributed by atoms with Crippen LogP contribution in [0.4, 0.5) is 5.69 Å². The van der Waals surface area contributed by atoms with E-state index in [-0.39, 0.29) is 18.5 Å². The lowest BCUT2D eigenvalue weighted by Crippen LogP contribution is -2.44. The number of hydrogen-bond acceptors (Lipinski definition) is 5. The summed E-state index contributed by atoms with van der Waals surface area (Å²) in [5, 5.41) is 20.4. The normalized spacial score (nSPS) is 14.7. The molecule has 1 heterocycles. The zero-order valence-electron chi connectivity index (χ0n) is 14.9.